The fraction of sp³-hybridized carbons (Fsp3) is 0. The first-order valence-electron chi connectivity index (χ1n) is 15.0. The van der Waals surface area contributed by atoms with Crippen molar-refractivity contribution in [3.63, 3.8) is 0 Å². The van der Waals surface area contributed by atoms with Gasteiger partial charge in [-0.1, -0.05) is 133 Å². The zero-order valence-electron chi connectivity index (χ0n) is 24.2. The molecular formula is C42H30N2. The minimum Gasteiger partial charge on any atom is -0.355 e. The van der Waals surface area contributed by atoms with Crippen LogP contribution in [0.2, 0.25) is 0 Å². The minimum atomic E-state index is 1.06. The summed E-state index contributed by atoms with van der Waals surface area (Å²) in [5.41, 5.74) is 12.8. The molecule has 8 rings (SSSR count). The molecule has 0 unspecified atom stereocenters. The molecule has 0 aliphatic carbocycles. The molecule has 0 aliphatic rings. The second-order valence-electron chi connectivity index (χ2n) is 11.1. The molecule has 0 atom stereocenters. The Morgan fingerprint density at radius 2 is 0.955 bits per heavy atom. The van der Waals surface area contributed by atoms with Gasteiger partial charge in [-0.15, -0.1) is 0 Å². The van der Waals surface area contributed by atoms with Gasteiger partial charge in [0.1, 0.15) is 0 Å². The van der Waals surface area contributed by atoms with Crippen molar-refractivity contribution < 1.29 is 0 Å². The first-order valence-corrected chi connectivity index (χ1v) is 15.0. The number of benzene rings is 7. The summed E-state index contributed by atoms with van der Waals surface area (Å²) in [5.74, 6) is 0. The van der Waals surface area contributed by atoms with Crippen LogP contribution in [0.1, 0.15) is 0 Å². The van der Waals surface area contributed by atoms with Crippen molar-refractivity contribution in [2.24, 2.45) is 0 Å². The summed E-state index contributed by atoms with van der Waals surface area (Å²) < 4.78 is 2.41. The fourth-order valence-corrected chi connectivity index (χ4v) is 6.37. The van der Waals surface area contributed by atoms with Crippen molar-refractivity contribution in [2.75, 3.05) is 5.32 Å². The largest absolute Gasteiger partial charge is 0.355 e. The minimum absolute atomic E-state index is 1.06. The van der Waals surface area contributed by atoms with E-state index in [4.69, 9.17) is 0 Å². The van der Waals surface area contributed by atoms with Gasteiger partial charge >= 0.3 is 0 Å². The number of para-hydroxylation sites is 1. The Morgan fingerprint density at radius 1 is 0.386 bits per heavy atom. The maximum atomic E-state index is 3.81. The Labute approximate surface area is 257 Å². The van der Waals surface area contributed by atoms with E-state index in [0.717, 1.165) is 17.1 Å². The second kappa shape index (κ2) is 11.1. The number of rotatable bonds is 6. The number of nitrogens with one attached hydrogen (secondary N) is 1. The molecule has 0 spiro atoms. The van der Waals surface area contributed by atoms with Gasteiger partial charge in [-0.3, -0.25) is 0 Å². The molecule has 208 valence electrons. The summed E-state index contributed by atoms with van der Waals surface area (Å²) in [5, 5.41) is 6.28. The molecule has 0 aliphatic heterocycles. The van der Waals surface area contributed by atoms with E-state index in [9.17, 15) is 0 Å². The fourth-order valence-electron chi connectivity index (χ4n) is 6.37. The van der Waals surface area contributed by atoms with Crippen molar-refractivity contribution in [1.82, 2.24) is 4.57 Å². The number of fused-ring (bicyclic) bond motifs is 3. The van der Waals surface area contributed by atoms with E-state index < -0.39 is 0 Å². The normalized spacial score (nSPS) is 11.2. The maximum Gasteiger partial charge on any atom is 0.0548 e. The molecule has 2 nitrogen and oxygen atoms in total. The van der Waals surface area contributed by atoms with Gasteiger partial charge in [-0.2, -0.15) is 0 Å². The van der Waals surface area contributed by atoms with E-state index in [2.05, 4.69) is 186 Å². The number of aromatic nitrogens is 1. The third kappa shape index (κ3) is 4.63. The quantitative estimate of drug-likeness (QED) is 0.213. The van der Waals surface area contributed by atoms with Crippen molar-refractivity contribution in [3.8, 4) is 39.1 Å². The predicted octanol–water partition coefficient (Wildman–Crippen LogP) is 11.5. The van der Waals surface area contributed by atoms with E-state index >= 15 is 0 Å². The van der Waals surface area contributed by atoms with E-state index in [1.807, 2.05) is 0 Å². The summed E-state index contributed by atoms with van der Waals surface area (Å²) in [7, 11) is 0. The van der Waals surface area contributed by atoms with Gasteiger partial charge in [0.25, 0.3) is 0 Å². The lowest BCUT2D eigenvalue weighted by Gasteiger charge is -2.16. The van der Waals surface area contributed by atoms with Crippen LogP contribution in [-0.4, -0.2) is 4.57 Å². The molecule has 1 N–H and O–H groups in total. The summed E-state index contributed by atoms with van der Waals surface area (Å²) >= 11 is 0. The Kier molecular flexibility index (Phi) is 6.51. The van der Waals surface area contributed by atoms with Crippen LogP contribution < -0.4 is 5.32 Å². The summed E-state index contributed by atoms with van der Waals surface area (Å²) in [4.78, 5) is 0. The monoisotopic (exact) mass is 562 g/mol. The number of hydrogen-bond acceptors (Lipinski definition) is 1. The van der Waals surface area contributed by atoms with Gasteiger partial charge < -0.3 is 9.88 Å². The predicted molar refractivity (Wildman–Crippen MR) is 187 cm³/mol. The highest BCUT2D eigenvalue weighted by molar-refractivity contribution is 6.18. The van der Waals surface area contributed by atoms with Gasteiger partial charge in [0, 0.05) is 33.4 Å². The van der Waals surface area contributed by atoms with Gasteiger partial charge in [-0.25, -0.2) is 0 Å². The second-order valence-corrected chi connectivity index (χ2v) is 11.1. The number of hydrogen-bond donors (Lipinski definition) is 1. The Balaban J connectivity index is 1.35. The topological polar surface area (TPSA) is 17.0 Å². The molecule has 0 radical (unpaired) electrons. The maximum absolute atomic E-state index is 3.81. The van der Waals surface area contributed by atoms with Crippen LogP contribution in [0.4, 0.5) is 11.4 Å². The summed E-state index contributed by atoms with van der Waals surface area (Å²) in [6.07, 6.45) is 0. The Hall–Kier alpha value is -5.86. The van der Waals surface area contributed by atoms with Crippen LogP contribution in [0, 0.1) is 0 Å². The van der Waals surface area contributed by atoms with Crippen LogP contribution in [0.15, 0.2) is 176 Å². The third-order valence-electron chi connectivity index (χ3n) is 8.36. The highest BCUT2D eigenvalue weighted by atomic mass is 15.0. The van der Waals surface area contributed by atoms with Gasteiger partial charge in [-0.05, 0) is 70.3 Å². The molecule has 0 fully saturated rings. The van der Waals surface area contributed by atoms with Gasteiger partial charge in [0.15, 0.2) is 0 Å². The van der Waals surface area contributed by atoms with Gasteiger partial charge in [0.2, 0.25) is 0 Å². The van der Waals surface area contributed by atoms with E-state index in [1.54, 1.807) is 0 Å². The number of nitrogens with zero attached hydrogens (tertiary/aromatic N) is 1. The first-order chi connectivity index (χ1) is 21.8. The molecular weight excluding hydrogens is 532 g/mol. The molecule has 7 aromatic carbocycles. The number of anilines is 2. The third-order valence-corrected chi connectivity index (χ3v) is 8.36. The molecule has 8 aromatic rings. The van der Waals surface area contributed by atoms with E-state index in [1.165, 1.54) is 55.2 Å². The summed E-state index contributed by atoms with van der Waals surface area (Å²) in [6.45, 7) is 0. The molecule has 1 heterocycles. The van der Waals surface area contributed by atoms with Crippen LogP contribution in [0.5, 0.6) is 0 Å². The molecule has 44 heavy (non-hydrogen) atoms. The van der Waals surface area contributed by atoms with Crippen LogP contribution >= 0.6 is 0 Å². The molecule has 0 saturated carbocycles. The molecule has 0 amide bonds. The van der Waals surface area contributed by atoms with Crippen LogP contribution in [0.3, 0.4) is 0 Å². The average molecular weight is 563 g/mol. The highest BCUT2D eigenvalue weighted by Crippen LogP contribution is 2.43. The van der Waals surface area contributed by atoms with Crippen LogP contribution in [0.25, 0.3) is 60.9 Å². The summed E-state index contributed by atoms with van der Waals surface area (Å²) in [6, 6.07) is 62.7. The van der Waals surface area contributed by atoms with Crippen molar-refractivity contribution in [2.45, 2.75) is 0 Å². The molecule has 0 bridgehead atoms. The van der Waals surface area contributed by atoms with E-state index in [0.29, 0.717) is 0 Å². The lowest BCUT2D eigenvalue weighted by atomic mass is 9.97. The molecule has 1 aromatic heterocycles. The highest BCUT2D eigenvalue weighted by Gasteiger charge is 2.19. The van der Waals surface area contributed by atoms with Crippen LogP contribution in [-0.2, 0) is 0 Å². The van der Waals surface area contributed by atoms with Gasteiger partial charge in [0.05, 0.1) is 11.0 Å². The molecule has 0 saturated heterocycles. The Morgan fingerprint density at radius 3 is 1.66 bits per heavy atom. The standard InChI is InChI=1S/C42H30N2/c1-4-14-30(15-5-1)33-20-12-22-35(28-33)43-38-26-27-40-42(41(38)32-18-8-3-9-19-32)37-24-10-11-25-39(37)44(40)36-23-13-21-34(29-36)31-16-6-2-7-17-31/h1-29,43H. The lowest BCUT2D eigenvalue weighted by Crippen LogP contribution is -1.97. The zero-order valence-corrected chi connectivity index (χ0v) is 24.2. The van der Waals surface area contributed by atoms with Crippen molar-refractivity contribution in [1.29, 1.82) is 0 Å². The average Bonchev–Trinajstić information content (AvgIpc) is 3.44. The zero-order chi connectivity index (χ0) is 29.3. The van der Waals surface area contributed by atoms with Crippen molar-refractivity contribution in [3.05, 3.63) is 176 Å². The SMILES string of the molecule is c1ccc(-c2cccc(Nc3ccc4c(c3-c3ccccc3)c3ccccc3n4-c3cccc(-c4ccccc4)c3)c2)cc1. The van der Waals surface area contributed by atoms with E-state index in [-0.39, 0.29) is 0 Å². The Bertz CT molecular complexity index is 2230. The molecule has 2 heteroatoms. The van der Waals surface area contributed by atoms with Crippen molar-refractivity contribution >= 4 is 33.2 Å². The smallest absolute Gasteiger partial charge is 0.0548 e. The lowest BCUT2D eigenvalue weighted by molar-refractivity contribution is 1.18. The first kappa shape index (κ1) is 25.8.